The molecule has 29 heavy (non-hydrogen) atoms. The van der Waals surface area contributed by atoms with Gasteiger partial charge in [-0.2, -0.15) is 0 Å². The number of carbonyl (C=O) groups is 2. The van der Waals surface area contributed by atoms with E-state index in [1.165, 1.54) is 0 Å². The van der Waals surface area contributed by atoms with E-state index in [9.17, 15) is 9.59 Å². The molecule has 2 amide bonds. The van der Waals surface area contributed by atoms with Crippen LogP contribution in [0, 0.1) is 0 Å². The van der Waals surface area contributed by atoms with E-state index in [0.29, 0.717) is 32.5 Å². The molecule has 5 nitrogen and oxygen atoms in total. The van der Waals surface area contributed by atoms with E-state index in [1.807, 2.05) is 66.4 Å². The number of para-hydroxylation sites is 1. The summed E-state index contributed by atoms with van der Waals surface area (Å²) in [6.07, 6.45) is 4.52. The van der Waals surface area contributed by atoms with Crippen LogP contribution >= 0.6 is 0 Å². The van der Waals surface area contributed by atoms with E-state index in [4.69, 9.17) is 4.74 Å². The number of hydrogen-bond donors (Lipinski definition) is 1. The SMILES string of the molecule is C/C=C/C(=O)N1CCC(C(=O)NCc2ccccc2OC)(c2ccccc2)CC1. The van der Waals surface area contributed by atoms with E-state index in [2.05, 4.69) is 5.32 Å². The zero-order valence-electron chi connectivity index (χ0n) is 17.1. The summed E-state index contributed by atoms with van der Waals surface area (Å²) in [6, 6.07) is 17.6. The number of methoxy groups -OCH3 is 1. The van der Waals surface area contributed by atoms with E-state index in [-0.39, 0.29) is 11.8 Å². The maximum absolute atomic E-state index is 13.4. The van der Waals surface area contributed by atoms with E-state index >= 15 is 0 Å². The Morgan fingerprint density at radius 1 is 1.07 bits per heavy atom. The fourth-order valence-electron chi connectivity index (χ4n) is 3.95. The summed E-state index contributed by atoms with van der Waals surface area (Å²) >= 11 is 0. The number of piperidine rings is 1. The van der Waals surface area contributed by atoms with Gasteiger partial charge in [-0.1, -0.05) is 54.6 Å². The fraction of sp³-hybridized carbons (Fsp3) is 0.333. The maximum atomic E-state index is 13.4. The van der Waals surface area contributed by atoms with Crippen LogP contribution in [0.2, 0.25) is 0 Å². The first kappa shape index (κ1) is 20.6. The Balaban J connectivity index is 1.80. The smallest absolute Gasteiger partial charge is 0.246 e. The van der Waals surface area contributed by atoms with Crippen LogP contribution in [-0.4, -0.2) is 36.9 Å². The third kappa shape index (κ3) is 4.50. The molecular formula is C24H28N2O3. The van der Waals surface area contributed by atoms with Gasteiger partial charge in [0.2, 0.25) is 11.8 Å². The molecule has 2 aromatic rings. The topological polar surface area (TPSA) is 58.6 Å². The van der Waals surface area contributed by atoms with Crippen LogP contribution in [0.3, 0.4) is 0 Å². The van der Waals surface area contributed by atoms with Crippen LogP contribution in [-0.2, 0) is 21.5 Å². The van der Waals surface area contributed by atoms with Crippen molar-refractivity contribution in [3.05, 3.63) is 77.9 Å². The Kier molecular flexibility index (Phi) is 6.70. The third-order valence-corrected chi connectivity index (χ3v) is 5.63. The molecule has 5 heteroatoms. The van der Waals surface area contributed by atoms with Crippen molar-refractivity contribution in [3.8, 4) is 5.75 Å². The van der Waals surface area contributed by atoms with Gasteiger partial charge in [-0.05, 0) is 37.5 Å². The number of rotatable bonds is 6. The number of likely N-dealkylation sites (tertiary alicyclic amines) is 1. The van der Waals surface area contributed by atoms with Gasteiger partial charge in [0, 0.05) is 25.2 Å². The highest BCUT2D eigenvalue weighted by Gasteiger charge is 2.43. The number of allylic oxidation sites excluding steroid dienone is 1. The minimum atomic E-state index is -0.643. The van der Waals surface area contributed by atoms with Gasteiger partial charge in [0.25, 0.3) is 0 Å². The molecule has 0 aromatic heterocycles. The van der Waals surface area contributed by atoms with Gasteiger partial charge >= 0.3 is 0 Å². The first-order valence-corrected chi connectivity index (χ1v) is 9.98. The molecule has 1 aliphatic rings. The number of hydrogen-bond acceptors (Lipinski definition) is 3. The lowest BCUT2D eigenvalue weighted by molar-refractivity contribution is -0.134. The second-order valence-corrected chi connectivity index (χ2v) is 7.27. The zero-order valence-corrected chi connectivity index (χ0v) is 17.1. The number of ether oxygens (including phenoxy) is 1. The molecule has 1 saturated heterocycles. The number of nitrogens with zero attached hydrogens (tertiary/aromatic N) is 1. The third-order valence-electron chi connectivity index (χ3n) is 5.63. The van der Waals surface area contributed by atoms with Gasteiger partial charge in [0.05, 0.1) is 12.5 Å². The summed E-state index contributed by atoms with van der Waals surface area (Å²) in [5.41, 5.74) is 1.29. The van der Waals surface area contributed by atoms with Crippen molar-refractivity contribution in [2.24, 2.45) is 0 Å². The maximum Gasteiger partial charge on any atom is 0.246 e. The lowest BCUT2D eigenvalue weighted by Gasteiger charge is -2.40. The van der Waals surface area contributed by atoms with Crippen LogP contribution in [0.1, 0.15) is 30.9 Å². The molecule has 1 fully saturated rings. The Hall–Kier alpha value is -3.08. The van der Waals surface area contributed by atoms with Crippen molar-refractivity contribution in [3.63, 3.8) is 0 Å². The molecule has 152 valence electrons. The number of amides is 2. The van der Waals surface area contributed by atoms with Crippen LogP contribution < -0.4 is 10.1 Å². The van der Waals surface area contributed by atoms with Crippen LogP contribution in [0.5, 0.6) is 5.75 Å². The monoisotopic (exact) mass is 392 g/mol. The quantitative estimate of drug-likeness (QED) is 0.766. The van der Waals surface area contributed by atoms with Crippen molar-refractivity contribution in [1.82, 2.24) is 10.2 Å². The van der Waals surface area contributed by atoms with Gasteiger partial charge in [0.15, 0.2) is 0 Å². The van der Waals surface area contributed by atoms with Gasteiger partial charge < -0.3 is 15.0 Å². The molecule has 0 aliphatic carbocycles. The van der Waals surface area contributed by atoms with Gasteiger partial charge in [-0.3, -0.25) is 9.59 Å². The van der Waals surface area contributed by atoms with Gasteiger partial charge in [-0.15, -0.1) is 0 Å². The minimum Gasteiger partial charge on any atom is -0.496 e. The predicted molar refractivity (Wildman–Crippen MR) is 114 cm³/mol. The van der Waals surface area contributed by atoms with Crippen molar-refractivity contribution in [2.75, 3.05) is 20.2 Å². The van der Waals surface area contributed by atoms with E-state index < -0.39 is 5.41 Å². The van der Waals surface area contributed by atoms with Crippen LogP contribution in [0.4, 0.5) is 0 Å². The van der Waals surface area contributed by atoms with Crippen molar-refractivity contribution in [2.45, 2.75) is 31.7 Å². The summed E-state index contributed by atoms with van der Waals surface area (Å²) in [4.78, 5) is 27.5. The standard InChI is InChI=1S/C24H28N2O3/c1-3-9-22(27)26-16-14-24(15-17-26,20-11-5-4-6-12-20)23(28)25-18-19-10-7-8-13-21(19)29-2/h3-13H,14-18H2,1-2H3,(H,25,28)/b9-3+. The Morgan fingerprint density at radius 2 is 1.72 bits per heavy atom. The summed E-state index contributed by atoms with van der Waals surface area (Å²) in [5.74, 6) is 0.754. The number of carbonyl (C=O) groups excluding carboxylic acids is 2. The normalized spacial score (nSPS) is 15.9. The molecule has 1 aliphatic heterocycles. The molecule has 3 rings (SSSR count). The Bertz CT molecular complexity index is 869. The van der Waals surface area contributed by atoms with E-state index in [1.54, 1.807) is 19.3 Å². The van der Waals surface area contributed by atoms with Crippen molar-refractivity contribution >= 4 is 11.8 Å². The predicted octanol–water partition coefficient (Wildman–Crippen LogP) is 3.45. The lowest BCUT2D eigenvalue weighted by atomic mass is 9.72. The van der Waals surface area contributed by atoms with Gasteiger partial charge in [-0.25, -0.2) is 0 Å². The first-order chi connectivity index (χ1) is 14.1. The van der Waals surface area contributed by atoms with Crippen molar-refractivity contribution < 1.29 is 14.3 Å². The number of benzene rings is 2. The average molecular weight is 392 g/mol. The summed E-state index contributed by atoms with van der Waals surface area (Å²) in [5, 5.41) is 3.12. The summed E-state index contributed by atoms with van der Waals surface area (Å²) < 4.78 is 5.39. The minimum absolute atomic E-state index is 0.00333. The Morgan fingerprint density at radius 3 is 2.38 bits per heavy atom. The molecule has 0 unspecified atom stereocenters. The highest BCUT2D eigenvalue weighted by molar-refractivity contribution is 5.90. The van der Waals surface area contributed by atoms with E-state index in [0.717, 1.165) is 16.9 Å². The molecule has 0 atom stereocenters. The van der Waals surface area contributed by atoms with Crippen molar-refractivity contribution in [1.29, 1.82) is 0 Å². The average Bonchev–Trinajstić information content (AvgIpc) is 2.78. The molecule has 2 aromatic carbocycles. The van der Waals surface area contributed by atoms with Crippen LogP contribution in [0.25, 0.3) is 0 Å². The fourth-order valence-corrected chi connectivity index (χ4v) is 3.95. The molecule has 1 heterocycles. The molecule has 1 N–H and O–H groups in total. The second kappa shape index (κ2) is 9.41. The van der Waals surface area contributed by atoms with Crippen LogP contribution in [0.15, 0.2) is 66.7 Å². The highest BCUT2D eigenvalue weighted by atomic mass is 16.5. The second-order valence-electron chi connectivity index (χ2n) is 7.27. The highest BCUT2D eigenvalue weighted by Crippen LogP contribution is 2.36. The lowest BCUT2D eigenvalue weighted by Crippen LogP contribution is -2.52. The van der Waals surface area contributed by atoms with Gasteiger partial charge in [0.1, 0.15) is 5.75 Å². The molecule has 0 saturated carbocycles. The zero-order chi connectivity index (χ0) is 20.7. The largest absolute Gasteiger partial charge is 0.496 e. The Labute approximate surface area is 172 Å². The molecule has 0 bridgehead atoms. The first-order valence-electron chi connectivity index (χ1n) is 9.98. The summed E-state index contributed by atoms with van der Waals surface area (Å²) in [6.45, 7) is 3.35. The summed E-state index contributed by atoms with van der Waals surface area (Å²) in [7, 11) is 1.63. The molecule has 0 spiro atoms. The molecular weight excluding hydrogens is 364 g/mol. The number of nitrogens with one attached hydrogen (secondary N) is 1. The molecule has 0 radical (unpaired) electrons.